The van der Waals surface area contributed by atoms with Crippen LogP contribution in [0.3, 0.4) is 0 Å². The molecule has 3 rings (SSSR count). The summed E-state index contributed by atoms with van der Waals surface area (Å²) in [6.07, 6.45) is 1.18. The predicted octanol–water partition coefficient (Wildman–Crippen LogP) is 5.01. The molecule has 3 aromatic rings. The molecule has 0 aliphatic heterocycles. The number of hydrogen-bond acceptors (Lipinski definition) is 4. The first kappa shape index (κ1) is 23.0. The van der Waals surface area contributed by atoms with Gasteiger partial charge in [0, 0.05) is 16.3 Å². The van der Waals surface area contributed by atoms with E-state index in [0.29, 0.717) is 23.1 Å². The van der Waals surface area contributed by atoms with Gasteiger partial charge in [-0.1, -0.05) is 35.9 Å². The van der Waals surface area contributed by atoms with Crippen molar-refractivity contribution < 1.29 is 14.3 Å². The highest BCUT2D eigenvalue weighted by Crippen LogP contribution is 2.19. The van der Waals surface area contributed by atoms with Crippen molar-refractivity contribution in [1.82, 2.24) is 5.43 Å². The van der Waals surface area contributed by atoms with Crippen LogP contribution in [0.2, 0.25) is 5.02 Å². The number of carbonyl (C=O) groups excluding carboxylic acids is 2. The van der Waals surface area contributed by atoms with Crippen LogP contribution in [0.25, 0.3) is 0 Å². The molecule has 0 fully saturated rings. The van der Waals surface area contributed by atoms with Crippen molar-refractivity contribution >= 4 is 35.3 Å². The van der Waals surface area contributed by atoms with Crippen LogP contribution in [0.5, 0.6) is 5.75 Å². The Labute approximate surface area is 192 Å². The van der Waals surface area contributed by atoms with Crippen LogP contribution in [0.15, 0.2) is 71.8 Å². The fraction of sp³-hybridized carbons (Fsp3) is 0.160. The van der Waals surface area contributed by atoms with Crippen LogP contribution >= 0.6 is 11.6 Å². The van der Waals surface area contributed by atoms with E-state index in [1.54, 1.807) is 18.2 Å². The van der Waals surface area contributed by atoms with E-state index in [1.165, 1.54) is 6.21 Å². The Morgan fingerprint density at radius 3 is 2.44 bits per heavy atom. The quantitative estimate of drug-likeness (QED) is 0.288. The summed E-state index contributed by atoms with van der Waals surface area (Å²) in [5, 5.41) is 7.27. The average Bonchev–Trinajstić information content (AvgIpc) is 2.76. The molecule has 0 heterocycles. The Kier molecular flexibility index (Phi) is 8.00. The minimum absolute atomic E-state index is 0.320. The second-order valence-corrected chi connectivity index (χ2v) is 7.67. The third-order valence-corrected chi connectivity index (χ3v) is 5.12. The number of nitrogens with zero attached hydrogens (tertiary/aromatic N) is 1. The number of hydrazone groups is 1. The van der Waals surface area contributed by atoms with E-state index in [2.05, 4.69) is 15.8 Å². The van der Waals surface area contributed by atoms with Gasteiger partial charge in [-0.25, -0.2) is 5.43 Å². The number of ether oxygens (including phenoxy) is 1. The monoisotopic (exact) mass is 449 g/mol. The third kappa shape index (κ3) is 6.96. The number of nitrogens with one attached hydrogen (secondary N) is 2. The summed E-state index contributed by atoms with van der Waals surface area (Å²) in [7, 11) is 0. The smallest absolute Gasteiger partial charge is 0.249 e. The van der Waals surface area contributed by atoms with Gasteiger partial charge in [0.1, 0.15) is 18.8 Å². The molecule has 7 heteroatoms. The molecule has 0 unspecified atom stereocenters. The number of hydrogen-bond donors (Lipinski definition) is 2. The molecule has 6 nitrogen and oxygen atoms in total. The summed E-state index contributed by atoms with van der Waals surface area (Å²) in [5.41, 5.74) is 6.90. The highest BCUT2D eigenvalue weighted by Gasteiger charge is 2.09. The fourth-order valence-electron chi connectivity index (χ4n) is 2.82. The molecule has 2 N–H and O–H groups in total. The van der Waals surface area contributed by atoms with Gasteiger partial charge < -0.3 is 10.1 Å². The van der Waals surface area contributed by atoms with Crippen molar-refractivity contribution in [2.45, 2.75) is 26.9 Å². The number of rotatable bonds is 8. The Morgan fingerprint density at radius 1 is 0.969 bits per heavy atom. The summed E-state index contributed by atoms with van der Waals surface area (Å²) < 4.78 is 5.73. The van der Waals surface area contributed by atoms with Gasteiger partial charge in [0.15, 0.2) is 0 Å². The van der Waals surface area contributed by atoms with Crippen LogP contribution in [-0.4, -0.2) is 18.0 Å². The molecule has 0 atom stereocenters. The van der Waals surface area contributed by atoms with E-state index in [1.807, 2.05) is 62.4 Å². The van der Waals surface area contributed by atoms with Gasteiger partial charge in [-0.15, -0.1) is 0 Å². The lowest BCUT2D eigenvalue weighted by molar-refractivity contribution is -0.126. The highest BCUT2D eigenvalue weighted by atomic mass is 35.5. The van der Waals surface area contributed by atoms with Gasteiger partial charge in [0.2, 0.25) is 11.8 Å². The molecule has 32 heavy (non-hydrogen) atoms. The van der Waals surface area contributed by atoms with E-state index in [-0.39, 0.29) is 6.42 Å². The molecule has 0 radical (unpaired) electrons. The van der Waals surface area contributed by atoms with Crippen LogP contribution in [0.1, 0.15) is 28.7 Å². The number of benzene rings is 3. The van der Waals surface area contributed by atoms with Crippen molar-refractivity contribution in [3.63, 3.8) is 0 Å². The molecule has 0 saturated carbocycles. The van der Waals surface area contributed by atoms with E-state index in [9.17, 15) is 9.59 Å². The normalized spacial score (nSPS) is 10.7. The van der Waals surface area contributed by atoms with Crippen molar-refractivity contribution in [2.75, 3.05) is 5.32 Å². The summed E-state index contributed by atoms with van der Waals surface area (Å²) in [6, 6.07) is 20.3. The predicted molar refractivity (Wildman–Crippen MR) is 127 cm³/mol. The third-order valence-electron chi connectivity index (χ3n) is 4.75. The zero-order chi connectivity index (χ0) is 22.9. The number of aryl methyl sites for hydroxylation is 2. The standard InChI is InChI=1S/C25H24ClN3O3/c1-17-7-10-21(13-18(17)2)28-24(30)14-25(31)29-27-15-19-8-11-22(12-9-19)32-16-20-5-3-4-6-23(20)26/h3-13,15H,14,16H2,1-2H3,(H,28,30)(H,29,31). The Balaban J connectivity index is 1.43. The second kappa shape index (κ2) is 11.1. The number of halogens is 1. The first-order chi connectivity index (χ1) is 15.4. The van der Waals surface area contributed by atoms with Gasteiger partial charge in [-0.2, -0.15) is 5.10 Å². The maximum Gasteiger partial charge on any atom is 0.249 e. The first-order valence-corrected chi connectivity index (χ1v) is 10.4. The van der Waals surface area contributed by atoms with Gasteiger partial charge in [-0.05, 0) is 73.0 Å². The molecular formula is C25H24ClN3O3. The highest BCUT2D eigenvalue weighted by molar-refractivity contribution is 6.31. The number of carbonyl (C=O) groups is 2. The molecule has 0 bridgehead atoms. The maximum atomic E-state index is 12.0. The summed E-state index contributed by atoms with van der Waals surface area (Å²) in [6.45, 7) is 4.32. The lowest BCUT2D eigenvalue weighted by Crippen LogP contribution is -2.24. The summed E-state index contributed by atoms with van der Waals surface area (Å²) in [4.78, 5) is 24.0. The fourth-order valence-corrected chi connectivity index (χ4v) is 3.01. The molecule has 0 aliphatic carbocycles. The Hall–Kier alpha value is -3.64. The maximum absolute atomic E-state index is 12.0. The zero-order valence-corrected chi connectivity index (χ0v) is 18.6. The summed E-state index contributed by atoms with van der Waals surface area (Å²) >= 11 is 6.13. The van der Waals surface area contributed by atoms with E-state index < -0.39 is 11.8 Å². The number of amides is 2. The van der Waals surface area contributed by atoms with E-state index >= 15 is 0 Å². The van der Waals surface area contributed by atoms with Gasteiger partial charge in [0.05, 0.1) is 6.21 Å². The zero-order valence-electron chi connectivity index (χ0n) is 17.9. The lowest BCUT2D eigenvalue weighted by atomic mass is 10.1. The van der Waals surface area contributed by atoms with Gasteiger partial charge in [0.25, 0.3) is 0 Å². The lowest BCUT2D eigenvalue weighted by Gasteiger charge is -2.08. The largest absolute Gasteiger partial charge is 0.489 e. The van der Waals surface area contributed by atoms with Crippen LogP contribution in [0.4, 0.5) is 5.69 Å². The molecule has 0 aromatic heterocycles. The van der Waals surface area contributed by atoms with E-state index in [0.717, 1.165) is 22.3 Å². The van der Waals surface area contributed by atoms with Crippen LogP contribution < -0.4 is 15.5 Å². The number of anilines is 1. The SMILES string of the molecule is Cc1ccc(NC(=O)CC(=O)NN=Cc2ccc(OCc3ccccc3Cl)cc2)cc1C. The van der Waals surface area contributed by atoms with Gasteiger partial charge in [-0.3, -0.25) is 9.59 Å². The van der Waals surface area contributed by atoms with Crippen molar-refractivity contribution in [1.29, 1.82) is 0 Å². The van der Waals surface area contributed by atoms with E-state index in [4.69, 9.17) is 16.3 Å². The minimum atomic E-state index is -0.498. The Bertz CT molecular complexity index is 1130. The van der Waals surface area contributed by atoms with Crippen molar-refractivity contribution in [3.8, 4) is 5.75 Å². The molecule has 164 valence electrons. The average molecular weight is 450 g/mol. The molecule has 0 spiro atoms. The van der Waals surface area contributed by atoms with Crippen LogP contribution in [-0.2, 0) is 16.2 Å². The molecule has 2 amide bonds. The molecule has 0 aliphatic rings. The second-order valence-electron chi connectivity index (χ2n) is 7.27. The molecule has 0 saturated heterocycles. The van der Waals surface area contributed by atoms with Crippen molar-refractivity contribution in [3.05, 3.63) is 94.0 Å². The topological polar surface area (TPSA) is 79.8 Å². The van der Waals surface area contributed by atoms with Crippen LogP contribution in [0, 0.1) is 13.8 Å². The Morgan fingerprint density at radius 2 is 1.72 bits per heavy atom. The van der Waals surface area contributed by atoms with Crippen molar-refractivity contribution in [2.24, 2.45) is 5.10 Å². The molecular weight excluding hydrogens is 426 g/mol. The molecule has 3 aromatic carbocycles. The first-order valence-electron chi connectivity index (χ1n) is 10.1. The summed E-state index contributed by atoms with van der Waals surface area (Å²) in [5.74, 6) is -0.211. The minimum Gasteiger partial charge on any atom is -0.489 e. The van der Waals surface area contributed by atoms with Gasteiger partial charge >= 0.3 is 0 Å².